The molecule has 1 saturated carbocycles. The Morgan fingerprint density at radius 3 is 2.05 bits per heavy atom. The van der Waals surface area contributed by atoms with E-state index in [1.165, 1.54) is 84.0 Å². The molecule has 0 aromatic carbocycles. The van der Waals surface area contributed by atoms with Gasteiger partial charge in [-0.25, -0.2) is 0 Å². The summed E-state index contributed by atoms with van der Waals surface area (Å²) in [4.78, 5) is 5.50. The first-order chi connectivity index (χ1) is 9.88. The summed E-state index contributed by atoms with van der Waals surface area (Å²) >= 11 is 0. The maximum absolute atomic E-state index is 6.11. The molecular weight excluding hydrogens is 246 g/mol. The Morgan fingerprint density at radius 1 is 0.800 bits per heavy atom. The van der Waals surface area contributed by atoms with Crippen LogP contribution in [0.4, 0.5) is 0 Å². The van der Waals surface area contributed by atoms with Crippen molar-refractivity contribution in [1.82, 2.24) is 9.80 Å². The second-order valence-corrected chi connectivity index (χ2v) is 7.21. The molecule has 0 bridgehead atoms. The van der Waals surface area contributed by atoms with Gasteiger partial charge in [-0.1, -0.05) is 19.3 Å². The van der Waals surface area contributed by atoms with Crippen molar-refractivity contribution in [3.05, 3.63) is 0 Å². The second kappa shape index (κ2) is 7.24. The molecule has 1 atom stereocenters. The molecule has 3 heteroatoms. The molecule has 0 aromatic rings. The summed E-state index contributed by atoms with van der Waals surface area (Å²) in [6, 6.07) is 1.55. The van der Waals surface area contributed by atoms with Crippen LogP contribution < -0.4 is 5.73 Å². The Balaban J connectivity index is 1.49. The third-order valence-electron chi connectivity index (χ3n) is 6.06. The Bertz CT molecular complexity index is 274. The smallest absolute Gasteiger partial charge is 0.0246 e. The molecule has 0 amide bonds. The van der Waals surface area contributed by atoms with Gasteiger partial charge in [0.15, 0.2) is 0 Å². The van der Waals surface area contributed by atoms with Gasteiger partial charge in [-0.2, -0.15) is 0 Å². The van der Waals surface area contributed by atoms with Crippen LogP contribution in [0.15, 0.2) is 0 Å². The Morgan fingerprint density at radius 2 is 1.45 bits per heavy atom. The minimum absolute atomic E-state index is 0.680. The fraction of sp³-hybridized carbons (Fsp3) is 1.00. The summed E-state index contributed by atoms with van der Waals surface area (Å²) in [7, 11) is 0. The lowest BCUT2D eigenvalue weighted by atomic mass is 9.92. The predicted molar refractivity (Wildman–Crippen MR) is 84.8 cm³/mol. The summed E-state index contributed by atoms with van der Waals surface area (Å²) in [5.41, 5.74) is 6.11. The number of nitrogens with zero attached hydrogens (tertiary/aromatic N) is 2. The van der Waals surface area contributed by atoms with Crippen molar-refractivity contribution < 1.29 is 0 Å². The molecule has 0 radical (unpaired) electrons. The number of hydrogen-bond donors (Lipinski definition) is 1. The first-order valence-corrected chi connectivity index (χ1v) is 9.06. The molecule has 2 saturated heterocycles. The van der Waals surface area contributed by atoms with Gasteiger partial charge in [0.1, 0.15) is 0 Å². The van der Waals surface area contributed by atoms with Crippen molar-refractivity contribution in [3.63, 3.8) is 0 Å². The average Bonchev–Trinajstić information content (AvgIpc) is 3.04. The van der Waals surface area contributed by atoms with Crippen LogP contribution >= 0.6 is 0 Å². The lowest BCUT2D eigenvalue weighted by Gasteiger charge is -2.44. The van der Waals surface area contributed by atoms with E-state index in [4.69, 9.17) is 5.73 Å². The Kier molecular flexibility index (Phi) is 5.36. The number of piperidine rings is 2. The van der Waals surface area contributed by atoms with E-state index in [-0.39, 0.29) is 0 Å². The topological polar surface area (TPSA) is 32.5 Å². The monoisotopic (exact) mass is 279 g/mol. The highest BCUT2D eigenvalue weighted by molar-refractivity contribution is 4.89. The van der Waals surface area contributed by atoms with E-state index in [2.05, 4.69) is 9.80 Å². The van der Waals surface area contributed by atoms with E-state index in [0.717, 1.165) is 18.5 Å². The van der Waals surface area contributed by atoms with E-state index >= 15 is 0 Å². The lowest BCUT2D eigenvalue weighted by Crippen LogP contribution is -2.52. The van der Waals surface area contributed by atoms with Gasteiger partial charge in [-0.05, 0) is 70.6 Å². The summed E-state index contributed by atoms with van der Waals surface area (Å²) in [5, 5.41) is 0. The van der Waals surface area contributed by atoms with Gasteiger partial charge in [-0.15, -0.1) is 0 Å². The fourth-order valence-corrected chi connectivity index (χ4v) is 4.85. The first kappa shape index (κ1) is 14.8. The summed E-state index contributed by atoms with van der Waals surface area (Å²) in [6.07, 6.45) is 12.8. The molecule has 3 aliphatic rings. The van der Waals surface area contributed by atoms with Crippen LogP contribution in [-0.4, -0.2) is 54.6 Å². The van der Waals surface area contributed by atoms with Gasteiger partial charge in [0.05, 0.1) is 0 Å². The summed E-state index contributed by atoms with van der Waals surface area (Å²) < 4.78 is 0. The summed E-state index contributed by atoms with van der Waals surface area (Å²) in [5.74, 6) is 0.895. The first-order valence-electron chi connectivity index (χ1n) is 9.06. The third-order valence-corrected chi connectivity index (χ3v) is 6.06. The average molecular weight is 279 g/mol. The van der Waals surface area contributed by atoms with Crippen LogP contribution in [0.5, 0.6) is 0 Å². The number of nitrogens with two attached hydrogens (primary N) is 1. The van der Waals surface area contributed by atoms with Crippen LogP contribution in [0, 0.1) is 5.92 Å². The molecule has 3 nitrogen and oxygen atoms in total. The standard InChI is InChI=1S/C17H33N3/c18-14-17(15-6-2-3-7-15)20-12-8-16(9-13-20)19-10-4-1-5-11-19/h15-17H,1-14,18H2. The van der Waals surface area contributed by atoms with Gasteiger partial charge >= 0.3 is 0 Å². The molecule has 1 unspecified atom stereocenters. The lowest BCUT2D eigenvalue weighted by molar-refractivity contribution is 0.0578. The molecule has 1 aliphatic carbocycles. The van der Waals surface area contributed by atoms with E-state index in [0.29, 0.717) is 6.04 Å². The zero-order valence-electron chi connectivity index (χ0n) is 13.1. The molecule has 2 heterocycles. The van der Waals surface area contributed by atoms with E-state index in [9.17, 15) is 0 Å². The van der Waals surface area contributed by atoms with Gasteiger partial charge in [0, 0.05) is 18.6 Å². The number of rotatable bonds is 4. The van der Waals surface area contributed by atoms with Crippen LogP contribution in [0.1, 0.15) is 57.8 Å². The quantitative estimate of drug-likeness (QED) is 0.858. The molecule has 20 heavy (non-hydrogen) atoms. The maximum atomic E-state index is 6.11. The van der Waals surface area contributed by atoms with Gasteiger partial charge in [0.2, 0.25) is 0 Å². The molecule has 3 fully saturated rings. The van der Waals surface area contributed by atoms with Crippen molar-refractivity contribution in [2.24, 2.45) is 11.7 Å². The minimum atomic E-state index is 0.680. The largest absolute Gasteiger partial charge is 0.329 e. The second-order valence-electron chi connectivity index (χ2n) is 7.21. The zero-order valence-corrected chi connectivity index (χ0v) is 13.1. The minimum Gasteiger partial charge on any atom is -0.329 e. The van der Waals surface area contributed by atoms with Crippen LogP contribution in [0.3, 0.4) is 0 Å². The highest BCUT2D eigenvalue weighted by atomic mass is 15.2. The number of hydrogen-bond acceptors (Lipinski definition) is 3. The molecular formula is C17H33N3. The fourth-order valence-electron chi connectivity index (χ4n) is 4.85. The van der Waals surface area contributed by atoms with Crippen molar-refractivity contribution in [3.8, 4) is 0 Å². The van der Waals surface area contributed by atoms with Crippen molar-refractivity contribution in [2.45, 2.75) is 69.9 Å². The van der Waals surface area contributed by atoms with E-state index < -0.39 is 0 Å². The highest BCUT2D eigenvalue weighted by Crippen LogP contribution is 2.32. The molecule has 116 valence electrons. The summed E-state index contributed by atoms with van der Waals surface area (Å²) in [6.45, 7) is 6.17. The van der Waals surface area contributed by atoms with Crippen molar-refractivity contribution in [2.75, 3.05) is 32.7 Å². The van der Waals surface area contributed by atoms with Crippen LogP contribution in [0.2, 0.25) is 0 Å². The molecule has 0 spiro atoms. The SMILES string of the molecule is NCC(C1CCCC1)N1CCC(N2CCCCC2)CC1. The van der Waals surface area contributed by atoms with E-state index in [1.807, 2.05) is 0 Å². The normalized spacial score (nSPS) is 29.9. The molecule has 2 aliphatic heterocycles. The molecule has 3 rings (SSSR count). The van der Waals surface area contributed by atoms with Crippen LogP contribution in [-0.2, 0) is 0 Å². The Hall–Kier alpha value is -0.120. The van der Waals surface area contributed by atoms with Crippen molar-refractivity contribution >= 4 is 0 Å². The Labute approximate surface area is 124 Å². The molecule has 2 N–H and O–H groups in total. The molecule has 0 aromatic heterocycles. The van der Waals surface area contributed by atoms with Gasteiger partial charge in [-0.3, -0.25) is 4.90 Å². The highest BCUT2D eigenvalue weighted by Gasteiger charge is 2.32. The third kappa shape index (κ3) is 3.37. The zero-order chi connectivity index (χ0) is 13.8. The van der Waals surface area contributed by atoms with E-state index in [1.54, 1.807) is 0 Å². The predicted octanol–water partition coefficient (Wildman–Crippen LogP) is 2.45. The number of likely N-dealkylation sites (tertiary alicyclic amines) is 2. The van der Waals surface area contributed by atoms with Crippen LogP contribution in [0.25, 0.3) is 0 Å². The van der Waals surface area contributed by atoms with Gasteiger partial charge in [0.25, 0.3) is 0 Å². The van der Waals surface area contributed by atoms with Crippen molar-refractivity contribution in [1.29, 1.82) is 0 Å². The maximum Gasteiger partial charge on any atom is 0.0246 e. The van der Waals surface area contributed by atoms with Gasteiger partial charge < -0.3 is 10.6 Å².